The second-order valence-corrected chi connectivity index (χ2v) is 5.21. The van der Waals surface area contributed by atoms with Crippen LogP contribution in [-0.4, -0.2) is 0 Å². The number of halogens is 3. The van der Waals surface area contributed by atoms with Gasteiger partial charge < -0.3 is 5.32 Å². The van der Waals surface area contributed by atoms with Crippen molar-refractivity contribution in [2.45, 2.75) is 19.5 Å². The van der Waals surface area contributed by atoms with E-state index in [2.05, 4.69) is 21.2 Å². The molecule has 0 heterocycles. The third-order valence-corrected chi connectivity index (χ3v) is 3.75. The van der Waals surface area contributed by atoms with Crippen LogP contribution in [0.5, 0.6) is 0 Å². The number of hydrogen-bond donors (Lipinski definition) is 1. The molecule has 0 aliphatic rings. The number of nitrogens with one attached hydrogen (secondary N) is 1. The molecular weight excluding hydrogens is 312 g/mol. The van der Waals surface area contributed by atoms with Crippen molar-refractivity contribution in [3.8, 4) is 0 Å². The molecule has 1 atom stereocenters. The van der Waals surface area contributed by atoms with Gasteiger partial charge in [0.1, 0.15) is 11.6 Å². The molecule has 0 fully saturated rings. The van der Waals surface area contributed by atoms with Gasteiger partial charge in [-0.2, -0.15) is 0 Å². The first kappa shape index (κ1) is 14.2. The summed E-state index contributed by atoms with van der Waals surface area (Å²) in [6.07, 6.45) is 0. The fraction of sp³-hybridized carbons (Fsp3) is 0.200. The summed E-state index contributed by atoms with van der Waals surface area (Å²) in [6.45, 7) is 2.40. The number of rotatable bonds is 4. The normalized spacial score (nSPS) is 12.4. The standard InChI is InChI=1S/C15H14BrF2N/c1-10(13-8-12(17)6-7-15(13)18)19-9-11-4-2-3-5-14(11)16/h2-8,10,19H,9H2,1H3. The van der Waals surface area contributed by atoms with Gasteiger partial charge >= 0.3 is 0 Å². The van der Waals surface area contributed by atoms with Crippen LogP contribution in [0, 0.1) is 11.6 Å². The summed E-state index contributed by atoms with van der Waals surface area (Å²) in [7, 11) is 0. The Hall–Kier alpha value is -1.26. The van der Waals surface area contributed by atoms with E-state index in [4.69, 9.17) is 0 Å². The van der Waals surface area contributed by atoms with E-state index in [1.807, 2.05) is 31.2 Å². The van der Waals surface area contributed by atoms with Crippen molar-refractivity contribution in [2.75, 3.05) is 0 Å². The molecule has 0 aromatic heterocycles. The number of benzene rings is 2. The SMILES string of the molecule is CC(NCc1ccccc1Br)c1cc(F)ccc1F. The summed E-state index contributed by atoms with van der Waals surface area (Å²) in [5.74, 6) is -0.820. The van der Waals surface area contributed by atoms with E-state index in [-0.39, 0.29) is 6.04 Å². The molecule has 2 aromatic rings. The fourth-order valence-corrected chi connectivity index (χ4v) is 2.29. The van der Waals surface area contributed by atoms with E-state index in [0.717, 1.165) is 22.2 Å². The van der Waals surface area contributed by atoms with Crippen LogP contribution < -0.4 is 5.32 Å². The predicted octanol–water partition coefficient (Wildman–Crippen LogP) is 4.58. The Morgan fingerprint density at radius 2 is 1.89 bits per heavy atom. The maximum atomic E-state index is 13.6. The van der Waals surface area contributed by atoms with E-state index in [0.29, 0.717) is 12.1 Å². The van der Waals surface area contributed by atoms with Crippen LogP contribution >= 0.6 is 15.9 Å². The minimum atomic E-state index is -0.425. The molecule has 2 aromatic carbocycles. The molecule has 0 spiro atoms. The zero-order valence-electron chi connectivity index (χ0n) is 10.5. The Labute approximate surface area is 119 Å². The van der Waals surface area contributed by atoms with Gasteiger partial charge in [0.2, 0.25) is 0 Å². The first-order valence-corrected chi connectivity index (χ1v) is 6.79. The van der Waals surface area contributed by atoms with Crippen molar-refractivity contribution in [3.05, 3.63) is 69.7 Å². The van der Waals surface area contributed by atoms with Crippen LogP contribution in [0.15, 0.2) is 46.9 Å². The van der Waals surface area contributed by atoms with Gasteiger partial charge in [0, 0.05) is 22.6 Å². The Bertz CT molecular complexity index is 572. The molecule has 2 rings (SSSR count). The summed E-state index contributed by atoms with van der Waals surface area (Å²) in [5, 5.41) is 3.19. The van der Waals surface area contributed by atoms with Crippen molar-refractivity contribution >= 4 is 15.9 Å². The maximum Gasteiger partial charge on any atom is 0.128 e. The fourth-order valence-electron chi connectivity index (χ4n) is 1.86. The third-order valence-electron chi connectivity index (χ3n) is 2.98. The molecular formula is C15H14BrF2N. The quantitative estimate of drug-likeness (QED) is 0.867. The monoisotopic (exact) mass is 325 g/mol. The molecule has 1 unspecified atom stereocenters. The van der Waals surface area contributed by atoms with Crippen LogP contribution in [0.4, 0.5) is 8.78 Å². The molecule has 0 saturated heterocycles. The lowest BCUT2D eigenvalue weighted by Crippen LogP contribution is -2.19. The van der Waals surface area contributed by atoms with Gasteiger partial charge in [-0.1, -0.05) is 34.1 Å². The van der Waals surface area contributed by atoms with Crippen LogP contribution in [-0.2, 0) is 6.54 Å². The Morgan fingerprint density at radius 3 is 2.63 bits per heavy atom. The summed E-state index contributed by atoms with van der Waals surface area (Å²) >= 11 is 3.45. The molecule has 0 aliphatic carbocycles. The molecule has 1 nitrogen and oxygen atoms in total. The molecule has 1 N–H and O–H groups in total. The van der Waals surface area contributed by atoms with E-state index in [1.165, 1.54) is 6.07 Å². The van der Waals surface area contributed by atoms with Gasteiger partial charge in [0.25, 0.3) is 0 Å². The summed E-state index contributed by atoms with van der Waals surface area (Å²) < 4.78 is 27.7. The average molecular weight is 326 g/mol. The predicted molar refractivity (Wildman–Crippen MR) is 75.8 cm³/mol. The third kappa shape index (κ3) is 3.61. The summed E-state index contributed by atoms with van der Waals surface area (Å²) in [5.41, 5.74) is 1.42. The first-order valence-electron chi connectivity index (χ1n) is 5.99. The topological polar surface area (TPSA) is 12.0 Å². The molecule has 0 amide bonds. The van der Waals surface area contributed by atoms with Crippen molar-refractivity contribution in [1.82, 2.24) is 5.32 Å². The van der Waals surface area contributed by atoms with Gasteiger partial charge in [0.15, 0.2) is 0 Å². The van der Waals surface area contributed by atoms with Gasteiger partial charge in [-0.3, -0.25) is 0 Å². The van der Waals surface area contributed by atoms with Crippen LogP contribution in [0.3, 0.4) is 0 Å². The second-order valence-electron chi connectivity index (χ2n) is 4.36. The Kier molecular flexibility index (Phi) is 4.66. The maximum absolute atomic E-state index is 13.6. The van der Waals surface area contributed by atoms with Crippen molar-refractivity contribution in [1.29, 1.82) is 0 Å². The molecule has 4 heteroatoms. The van der Waals surface area contributed by atoms with Crippen LogP contribution in [0.25, 0.3) is 0 Å². The Morgan fingerprint density at radius 1 is 1.16 bits per heavy atom. The minimum absolute atomic E-state index is 0.261. The van der Waals surface area contributed by atoms with E-state index in [1.54, 1.807) is 0 Å². The zero-order chi connectivity index (χ0) is 13.8. The average Bonchev–Trinajstić information content (AvgIpc) is 2.40. The minimum Gasteiger partial charge on any atom is -0.306 e. The summed E-state index contributed by atoms with van der Waals surface area (Å²) in [6, 6.07) is 11.0. The summed E-state index contributed by atoms with van der Waals surface area (Å²) in [4.78, 5) is 0. The highest BCUT2D eigenvalue weighted by Crippen LogP contribution is 2.20. The second kappa shape index (κ2) is 6.26. The molecule has 19 heavy (non-hydrogen) atoms. The van der Waals surface area contributed by atoms with Crippen LogP contribution in [0.1, 0.15) is 24.1 Å². The van der Waals surface area contributed by atoms with Gasteiger partial charge in [-0.05, 0) is 36.8 Å². The molecule has 100 valence electrons. The highest BCUT2D eigenvalue weighted by atomic mass is 79.9. The van der Waals surface area contributed by atoms with E-state index in [9.17, 15) is 8.78 Å². The lowest BCUT2D eigenvalue weighted by Gasteiger charge is -2.15. The van der Waals surface area contributed by atoms with Gasteiger partial charge in [-0.15, -0.1) is 0 Å². The van der Waals surface area contributed by atoms with E-state index < -0.39 is 11.6 Å². The van der Waals surface area contributed by atoms with Gasteiger partial charge in [-0.25, -0.2) is 8.78 Å². The lowest BCUT2D eigenvalue weighted by atomic mass is 10.1. The highest BCUT2D eigenvalue weighted by molar-refractivity contribution is 9.10. The largest absolute Gasteiger partial charge is 0.306 e. The highest BCUT2D eigenvalue weighted by Gasteiger charge is 2.12. The van der Waals surface area contributed by atoms with Crippen molar-refractivity contribution < 1.29 is 8.78 Å². The molecule has 0 saturated carbocycles. The van der Waals surface area contributed by atoms with Gasteiger partial charge in [0.05, 0.1) is 0 Å². The molecule has 0 radical (unpaired) electrons. The van der Waals surface area contributed by atoms with Crippen LogP contribution in [0.2, 0.25) is 0 Å². The van der Waals surface area contributed by atoms with Crippen molar-refractivity contribution in [2.24, 2.45) is 0 Å². The number of hydrogen-bond acceptors (Lipinski definition) is 1. The lowest BCUT2D eigenvalue weighted by molar-refractivity contribution is 0.518. The smallest absolute Gasteiger partial charge is 0.128 e. The first-order chi connectivity index (χ1) is 9.08. The Balaban J connectivity index is 2.07. The molecule has 0 bridgehead atoms. The van der Waals surface area contributed by atoms with Crippen molar-refractivity contribution in [3.63, 3.8) is 0 Å². The zero-order valence-corrected chi connectivity index (χ0v) is 12.0. The van der Waals surface area contributed by atoms with E-state index >= 15 is 0 Å². The molecule has 0 aliphatic heterocycles.